The van der Waals surface area contributed by atoms with Crippen LogP contribution in [-0.4, -0.2) is 36.7 Å². The van der Waals surface area contributed by atoms with Crippen LogP contribution in [0, 0.1) is 5.82 Å². The molecule has 1 amide bonds. The summed E-state index contributed by atoms with van der Waals surface area (Å²) in [5, 5.41) is 11.2. The summed E-state index contributed by atoms with van der Waals surface area (Å²) in [7, 11) is 1.58. The summed E-state index contributed by atoms with van der Waals surface area (Å²) >= 11 is 0. The molecule has 0 saturated heterocycles. The number of ether oxygens (including phenoxy) is 1. The summed E-state index contributed by atoms with van der Waals surface area (Å²) in [5.41, 5.74) is 0.297. The van der Waals surface area contributed by atoms with Crippen molar-refractivity contribution in [2.75, 3.05) is 13.7 Å². The fourth-order valence-electron chi connectivity index (χ4n) is 1.64. The van der Waals surface area contributed by atoms with Gasteiger partial charge in [-0.3, -0.25) is 4.79 Å². The average Bonchev–Trinajstić information content (AvgIpc) is 2.43. The Labute approximate surface area is 122 Å². The summed E-state index contributed by atoms with van der Waals surface area (Å²) in [6.45, 7) is 2.35. The Balaban J connectivity index is 2.74. The van der Waals surface area contributed by atoms with Gasteiger partial charge in [0.05, 0.1) is 0 Å². The van der Waals surface area contributed by atoms with Crippen LogP contribution in [0.3, 0.4) is 0 Å². The SMILES string of the molecule is COCCC(C)NC(=O)c1ccc(C=CC(=O)O)c(F)c1. The second-order valence-corrected chi connectivity index (χ2v) is 4.56. The van der Waals surface area contributed by atoms with E-state index in [1.165, 1.54) is 12.1 Å². The van der Waals surface area contributed by atoms with Gasteiger partial charge in [-0.25, -0.2) is 9.18 Å². The van der Waals surface area contributed by atoms with Gasteiger partial charge < -0.3 is 15.2 Å². The van der Waals surface area contributed by atoms with E-state index in [2.05, 4.69) is 5.32 Å². The molecule has 0 aliphatic rings. The quantitative estimate of drug-likeness (QED) is 0.755. The predicted molar refractivity (Wildman–Crippen MR) is 76.5 cm³/mol. The van der Waals surface area contributed by atoms with E-state index in [4.69, 9.17) is 9.84 Å². The predicted octanol–water partition coefficient (Wildman–Crippen LogP) is 2.08. The van der Waals surface area contributed by atoms with Gasteiger partial charge in [-0.15, -0.1) is 0 Å². The fraction of sp³-hybridized carbons (Fsp3) is 0.333. The number of aliphatic carboxylic acids is 1. The van der Waals surface area contributed by atoms with Crippen molar-refractivity contribution in [3.05, 3.63) is 41.2 Å². The lowest BCUT2D eigenvalue weighted by Gasteiger charge is -2.13. The number of carboxylic acids is 1. The van der Waals surface area contributed by atoms with Crippen LogP contribution in [0.1, 0.15) is 29.3 Å². The highest BCUT2D eigenvalue weighted by Gasteiger charge is 2.11. The molecule has 6 heteroatoms. The Morgan fingerprint density at radius 1 is 1.48 bits per heavy atom. The summed E-state index contributed by atoms with van der Waals surface area (Å²) in [6.07, 6.45) is 2.63. The van der Waals surface area contributed by atoms with Crippen LogP contribution in [0.15, 0.2) is 24.3 Å². The van der Waals surface area contributed by atoms with Crippen LogP contribution >= 0.6 is 0 Å². The number of methoxy groups -OCH3 is 1. The van der Waals surface area contributed by atoms with E-state index < -0.39 is 11.8 Å². The molecular formula is C15H18FNO4. The maximum absolute atomic E-state index is 13.8. The molecule has 0 aromatic heterocycles. The minimum Gasteiger partial charge on any atom is -0.478 e. The van der Waals surface area contributed by atoms with E-state index in [0.717, 1.165) is 18.2 Å². The monoisotopic (exact) mass is 295 g/mol. The first kappa shape index (κ1) is 16.8. The van der Waals surface area contributed by atoms with Gasteiger partial charge in [0.25, 0.3) is 5.91 Å². The number of carbonyl (C=O) groups is 2. The van der Waals surface area contributed by atoms with Gasteiger partial charge in [0.15, 0.2) is 0 Å². The van der Waals surface area contributed by atoms with Crippen LogP contribution in [0.4, 0.5) is 4.39 Å². The maximum Gasteiger partial charge on any atom is 0.328 e. The Bertz CT molecular complexity index is 542. The van der Waals surface area contributed by atoms with Gasteiger partial charge in [-0.2, -0.15) is 0 Å². The third-order valence-corrected chi connectivity index (χ3v) is 2.80. The minimum atomic E-state index is -1.16. The van der Waals surface area contributed by atoms with E-state index >= 15 is 0 Å². The van der Waals surface area contributed by atoms with Gasteiger partial charge in [-0.05, 0) is 31.6 Å². The third kappa shape index (κ3) is 5.74. The highest BCUT2D eigenvalue weighted by molar-refractivity contribution is 5.94. The molecule has 21 heavy (non-hydrogen) atoms. The van der Waals surface area contributed by atoms with Crippen LogP contribution in [0.2, 0.25) is 0 Å². The molecule has 1 unspecified atom stereocenters. The van der Waals surface area contributed by atoms with Gasteiger partial charge in [0.2, 0.25) is 0 Å². The first-order chi connectivity index (χ1) is 9.93. The largest absolute Gasteiger partial charge is 0.478 e. The number of hydrogen-bond acceptors (Lipinski definition) is 3. The van der Waals surface area contributed by atoms with Crippen molar-refractivity contribution in [2.24, 2.45) is 0 Å². The van der Waals surface area contributed by atoms with Crippen LogP contribution in [0.5, 0.6) is 0 Å². The molecule has 0 saturated carbocycles. The normalized spacial score (nSPS) is 12.3. The van der Waals surface area contributed by atoms with Gasteiger partial charge in [0, 0.05) is 37.0 Å². The summed E-state index contributed by atoms with van der Waals surface area (Å²) < 4.78 is 18.7. The van der Waals surface area contributed by atoms with Crippen molar-refractivity contribution in [2.45, 2.75) is 19.4 Å². The van der Waals surface area contributed by atoms with E-state index in [0.29, 0.717) is 13.0 Å². The van der Waals surface area contributed by atoms with Crippen LogP contribution < -0.4 is 5.32 Å². The molecule has 0 spiro atoms. The van der Waals surface area contributed by atoms with Gasteiger partial charge in [0.1, 0.15) is 5.82 Å². The molecule has 114 valence electrons. The molecule has 0 aliphatic carbocycles. The highest BCUT2D eigenvalue weighted by atomic mass is 19.1. The lowest BCUT2D eigenvalue weighted by molar-refractivity contribution is -0.131. The summed E-state index contributed by atoms with van der Waals surface area (Å²) in [5.74, 6) is -2.20. The van der Waals surface area contributed by atoms with Crippen molar-refractivity contribution in [3.63, 3.8) is 0 Å². The molecule has 0 radical (unpaired) electrons. The average molecular weight is 295 g/mol. The fourth-order valence-corrected chi connectivity index (χ4v) is 1.64. The third-order valence-electron chi connectivity index (χ3n) is 2.80. The molecule has 1 atom stereocenters. The van der Waals surface area contributed by atoms with Gasteiger partial charge >= 0.3 is 5.97 Å². The van der Waals surface area contributed by atoms with E-state index in [1.54, 1.807) is 7.11 Å². The molecule has 0 heterocycles. The van der Waals surface area contributed by atoms with E-state index in [-0.39, 0.29) is 23.1 Å². The Morgan fingerprint density at radius 3 is 2.76 bits per heavy atom. The number of nitrogens with one attached hydrogen (secondary N) is 1. The van der Waals surface area contributed by atoms with Crippen molar-refractivity contribution in [1.82, 2.24) is 5.32 Å². The Kier molecular flexibility index (Phi) is 6.55. The van der Waals surface area contributed by atoms with Crippen LogP contribution in [0.25, 0.3) is 6.08 Å². The molecule has 0 aliphatic heterocycles. The Morgan fingerprint density at radius 2 is 2.19 bits per heavy atom. The number of hydrogen-bond donors (Lipinski definition) is 2. The zero-order chi connectivity index (χ0) is 15.8. The topological polar surface area (TPSA) is 75.6 Å². The zero-order valence-electron chi connectivity index (χ0n) is 11.9. The van der Waals surface area contributed by atoms with E-state index in [9.17, 15) is 14.0 Å². The standard InChI is InChI=1S/C15H18FNO4/c1-10(7-8-21-2)17-15(20)12-4-3-11(13(16)9-12)5-6-14(18)19/h3-6,9-10H,7-8H2,1-2H3,(H,17,20)(H,18,19). The van der Waals surface area contributed by atoms with E-state index in [1.807, 2.05) is 6.92 Å². The maximum atomic E-state index is 13.8. The van der Waals surface area contributed by atoms with Crippen molar-refractivity contribution >= 4 is 18.0 Å². The van der Waals surface area contributed by atoms with Gasteiger partial charge in [-0.1, -0.05) is 6.07 Å². The first-order valence-electron chi connectivity index (χ1n) is 6.44. The molecule has 0 fully saturated rings. The Hall–Kier alpha value is -2.21. The number of rotatable bonds is 7. The second kappa shape index (κ2) is 8.16. The number of benzene rings is 1. The second-order valence-electron chi connectivity index (χ2n) is 4.56. The molecule has 1 rings (SSSR count). The van der Waals surface area contributed by atoms with Crippen LogP contribution in [-0.2, 0) is 9.53 Å². The minimum absolute atomic E-state index is 0.0907. The highest BCUT2D eigenvalue weighted by Crippen LogP contribution is 2.12. The zero-order valence-corrected chi connectivity index (χ0v) is 11.9. The smallest absolute Gasteiger partial charge is 0.328 e. The summed E-state index contributed by atoms with van der Waals surface area (Å²) in [4.78, 5) is 22.3. The number of carboxylic acid groups (broad SMARTS) is 1. The lowest BCUT2D eigenvalue weighted by atomic mass is 10.1. The number of amides is 1. The molecule has 2 N–H and O–H groups in total. The molecule has 5 nitrogen and oxygen atoms in total. The van der Waals surface area contributed by atoms with Crippen molar-refractivity contribution in [3.8, 4) is 0 Å². The molecular weight excluding hydrogens is 277 g/mol. The summed E-state index contributed by atoms with van der Waals surface area (Å²) in [6, 6.07) is 3.80. The molecule has 1 aromatic carbocycles. The molecule has 0 bridgehead atoms. The number of halogens is 1. The molecule has 1 aromatic rings. The van der Waals surface area contributed by atoms with Crippen molar-refractivity contribution in [1.29, 1.82) is 0 Å². The van der Waals surface area contributed by atoms with Crippen molar-refractivity contribution < 1.29 is 23.8 Å². The lowest BCUT2D eigenvalue weighted by Crippen LogP contribution is -2.33. The number of carbonyl (C=O) groups excluding carboxylic acids is 1. The first-order valence-corrected chi connectivity index (χ1v) is 6.44.